The highest BCUT2D eigenvalue weighted by atomic mass is 16.5. The molecule has 0 radical (unpaired) electrons. The summed E-state index contributed by atoms with van der Waals surface area (Å²) >= 11 is 0. The zero-order valence-corrected chi connectivity index (χ0v) is 10.5. The molecule has 2 N–H and O–H groups in total. The number of methoxy groups -OCH3 is 1. The van der Waals surface area contributed by atoms with Crippen molar-refractivity contribution in [3.8, 4) is 11.6 Å². The molecule has 0 atom stereocenters. The van der Waals surface area contributed by atoms with Gasteiger partial charge in [-0.05, 0) is 19.1 Å². The molecule has 0 spiro atoms. The van der Waals surface area contributed by atoms with E-state index in [1.54, 1.807) is 25.4 Å². The minimum absolute atomic E-state index is 0.301. The molecular formula is C14H16N2O2. The maximum atomic E-state index is 9.72. The highest BCUT2D eigenvalue weighted by Gasteiger charge is 2.01. The molecule has 18 heavy (non-hydrogen) atoms. The summed E-state index contributed by atoms with van der Waals surface area (Å²) in [5, 5.41) is 12.9. The van der Waals surface area contributed by atoms with Crippen LogP contribution in [0.15, 0.2) is 36.5 Å². The molecule has 0 unspecified atom stereocenters. The Hall–Kier alpha value is -2.23. The molecule has 4 heteroatoms. The van der Waals surface area contributed by atoms with Crippen molar-refractivity contribution in [3.05, 3.63) is 47.7 Å². The van der Waals surface area contributed by atoms with Crippen LogP contribution in [-0.4, -0.2) is 17.2 Å². The summed E-state index contributed by atoms with van der Waals surface area (Å²) in [6.07, 6.45) is 1.70. The van der Waals surface area contributed by atoms with Crippen LogP contribution in [-0.2, 0) is 6.54 Å². The van der Waals surface area contributed by atoms with Crippen molar-refractivity contribution in [1.82, 2.24) is 4.98 Å². The monoisotopic (exact) mass is 244 g/mol. The van der Waals surface area contributed by atoms with Crippen LogP contribution in [0.2, 0.25) is 0 Å². The summed E-state index contributed by atoms with van der Waals surface area (Å²) in [7, 11) is 1.58. The Bertz CT molecular complexity index is 524. The van der Waals surface area contributed by atoms with Gasteiger partial charge in [-0.2, -0.15) is 0 Å². The lowest BCUT2D eigenvalue weighted by molar-refractivity contribution is 0.398. The number of phenolic OH excluding ortho intramolecular Hbond substituents is 1. The van der Waals surface area contributed by atoms with Crippen LogP contribution in [0.25, 0.3) is 0 Å². The Morgan fingerprint density at radius 3 is 2.78 bits per heavy atom. The maximum Gasteiger partial charge on any atom is 0.213 e. The third-order valence-electron chi connectivity index (χ3n) is 2.66. The van der Waals surface area contributed by atoms with Crippen molar-refractivity contribution in [2.24, 2.45) is 0 Å². The number of phenols is 1. The van der Waals surface area contributed by atoms with Crippen molar-refractivity contribution in [2.45, 2.75) is 13.5 Å². The molecule has 0 aliphatic carbocycles. The van der Waals surface area contributed by atoms with Crippen molar-refractivity contribution in [2.75, 3.05) is 12.4 Å². The molecule has 94 valence electrons. The summed E-state index contributed by atoms with van der Waals surface area (Å²) in [6, 6.07) is 9.22. The topological polar surface area (TPSA) is 54.4 Å². The second kappa shape index (κ2) is 5.40. The molecule has 0 saturated carbocycles. The molecule has 1 aromatic heterocycles. The van der Waals surface area contributed by atoms with Crippen LogP contribution in [0.5, 0.6) is 11.6 Å². The fourth-order valence-electron chi connectivity index (χ4n) is 1.66. The molecule has 1 aromatic carbocycles. The average Bonchev–Trinajstić information content (AvgIpc) is 2.40. The number of hydrogen-bond donors (Lipinski definition) is 2. The van der Waals surface area contributed by atoms with E-state index < -0.39 is 0 Å². The van der Waals surface area contributed by atoms with Gasteiger partial charge in [0.15, 0.2) is 0 Å². The van der Waals surface area contributed by atoms with E-state index in [2.05, 4.69) is 10.3 Å². The molecule has 0 amide bonds. The van der Waals surface area contributed by atoms with Gasteiger partial charge < -0.3 is 15.2 Å². The van der Waals surface area contributed by atoms with E-state index in [1.165, 1.54) is 0 Å². The van der Waals surface area contributed by atoms with E-state index in [1.807, 2.05) is 25.1 Å². The first kappa shape index (κ1) is 12.2. The molecule has 0 bridgehead atoms. The first-order valence-electron chi connectivity index (χ1n) is 5.71. The predicted molar refractivity (Wildman–Crippen MR) is 71.0 cm³/mol. The van der Waals surface area contributed by atoms with Crippen molar-refractivity contribution in [1.29, 1.82) is 0 Å². The Kier molecular flexibility index (Phi) is 3.67. The minimum Gasteiger partial charge on any atom is -0.508 e. The zero-order chi connectivity index (χ0) is 13.0. The van der Waals surface area contributed by atoms with Gasteiger partial charge in [-0.1, -0.05) is 17.7 Å². The molecular weight excluding hydrogens is 228 g/mol. The Balaban J connectivity index is 2.04. The van der Waals surface area contributed by atoms with Gasteiger partial charge in [-0.3, -0.25) is 0 Å². The number of aryl methyl sites for hydroxylation is 1. The smallest absolute Gasteiger partial charge is 0.213 e. The zero-order valence-electron chi connectivity index (χ0n) is 10.5. The quantitative estimate of drug-likeness (QED) is 0.868. The molecule has 0 fully saturated rings. The molecule has 0 aliphatic rings. The average molecular weight is 244 g/mol. The van der Waals surface area contributed by atoms with Crippen molar-refractivity contribution >= 4 is 5.69 Å². The Morgan fingerprint density at radius 2 is 2.11 bits per heavy atom. The normalized spacial score (nSPS) is 10.1. The summed E-state index contributed by atoms with van der Waals surface area (Å²) in [5.41, 5.74) is 2.87. The predicted octanol–water partition coefficient (Wildman–Crippen LogP) is 2.72. The fraction of sp³-hybridized carbons (Fsp3) is 0.214. The molecule has 2 aromatic rings. The van der Waals surface area contributed by atoms with Crippen LogP contribution >= 0.6 is 0 Å². The summed E-state index contributed by atoms with van der Waals surface area (Å²) < 4.78 is 4.99. The number of ether oxygens (including phenoxy) is 1. The van der Waals surface area contributed by atoms with E-state index in [-0.39, 0.29) is 0 Å². The van der Waals surface area contributed by atoms with Crippen LogP contribution in [0, 0.1) is 6.92 Å². The van der Waals surface area contributed by atoms with Gasteiger partial charge in [0.2, 0.25) is 5.88 Å². The second-order valence-electron chi connectivity index (χ2n) is 4.07. The fourth-order valence-corrected chi connectivity index (χ4v) is 1.66. The van der Waals surface area contributed by atoms with Gasteiger partial charge in [0.25, 0.3) is 0 Å². The molecule has 0 saturated heterocycles. The van der Waals surface area contributed by atoms with Gasteiger partial charge in [0.05, 0.1) is 19.0 Å². The highest BCUT2D eigenvalue weighted by molar-refractivity contribution is 5.45. The van der Waals surface area contributed by atoms with Crippen LogP contribution in [0.4, 0.5) is 5.69 Å². The SMILES string of the molecule is COc1ccc(NCc2cc(C)ccc2O)cn1. The summed E-state index contributed by atoms with van der Waals surface area (Å²) in [5.74, 6) is 0.883. The van der Waals surface area contributed by atoms with E-state index in [4.69, 9.17) is 4.74 Å². The number of nitrogens with zero attached hydrogens (tertiary/aromatic N) is 1. The lowest BCUT2D eigenvalue weighted by Crippen LogP contribution is -2.00. The minimum atomic E-state index is 0.301. The standard InChI is InChI=1S/C14H16N2O2/c1-10-3-5-13(17)11(7-10)8-15-12-4-6-14(18-2)16-9-12/h3-7,9,15,17H,8H2,1-2H3. The lowest BCUT2D eigenvalue weighted by atomic mass is 10.1. The largest absolute Gasteiger partial charge is 0.508 e. The van der Waals surface area contributed by atoms with Crippen LogP contribution in [0.1, 0.15) is 11.1 Å². The number of nitrogens with one attached hydrogen (secondary N) is 1. The van der Waals surface area contributed by atoms with Crippen molar-refractivity contribution < 1.29 is 9.84 Å². The van der Waals surface area contributed by atoms with E-state index in [9.17, 15) is 5.11 Å². The lowest BCUT2D eigenvalue weighted by Gasteiger charge is -2.09. The van der Waals surface area contributed by atoms with E-state index in [0.717, 1.165) is 16.8 Å². The maximum absolute atomic E-state index is 9.72. The second-order valence-corrected chi connectivity index (χ2v) is 4.07. The first-order chi connectivity index (χ1) is 8.69. The summed E-state index contributed by atoms with van der Waals surface area (Å²) in [4.78, 5) is 4.10. The third kappa shape index (κ3) is 2.91. The number of hydrogen-bond acceptors (Lipinski definition) is 4. The number of rotatable bonds is 4. The molecule has 2 rings (SSSR count). The van der Waals surface area contributed by atoms with Crippen LogP contribution in [0.3, 0.4) is 0 Å². The van der Waals surface area contributed by atoms with E-state index >= 15 is 0 Å². The number of pyridine rings is 1. The Labute approximate surface area is 106 Å². The van der Waals surface area contributed by atoms with Gasteiger partial charge in [-0.25, -0.2) is 4.98 Å². The first-order valence-corrected chi connectivity index (χ1v) is 5.71. The number of benzene rings is 1. The molecule has 0 aliphatic heterocycles. The number of aromatic nitrogens is 1. The Morgan fingerprint density at radius 1 is 1.28 bits per heavy atom. The third-order valence-corrected chi connectivity index (χ3v) is 2.66. The van der Waals surface area contributed by atoms with Gasteiger partial charge in [0, 0.05) is 18.2 Å². The van der Waals surface area contributed by atoms with Gasteiger partial charge >= 0.3 is 0 Å². The number of aromatic hydroxyl groups is 1. The van der Waals surface area contributed by atoms with E-state index in [0.29, 0.717) is 18.2 Å². The van der Waals surface area contributed by atoms with Gasteiger partial charge in [0.1, 0.15) is 5.75 Å². The highest BCUT2D eigenvalue weighted by Crippen LogP contribution is 2.20. The molecule has 4 nitrogen and oxygen atoms in total. The summed E-state index contributed by atoms with van der Waals surface area (Å²) in [6.45, 7) is 2.55. The number of anilines is 1. The van der Waals surface area contributed by atoms with Crippen LogP contribution < -0.4 is 10.1 Å². The van der Waals surface area contributed by atoms with Gasteiger partial charge in [-0.15, -0.1) is 0 Å². The van der Waals surface area contributed by atoms with Crippen molar-refractivity contribution in [3.63, 3.8) is 0 Å². The molecule has 1 heterocycles.